The van der Waals surface area contributed by atoms with Crippen LogP contribution in [0.3, 0.4) is 0 Å². The first kappa shape index (κ1) is 6.91. The normalized spacial score (nSPS) is 39.2. The maximum absolute atomic E-state index is 13.4. The van der Waals surface area contributed by atoms with E-state index in [0.29, 0.717) is 0 Å². The molecule has 1 atom stereocenters. The molecule has 2 fully saturated rings. The zero-order valence-corrected chi connectivity index (χ0v) is 14.0. The van der Waals surface area contributed by atoms with Gasteiger partial charge >= 0.3 is 0 Å². The van der Waals surface area contributed by atoms with Gasteiger partial charge in [0.15, 0.2) is 11.5 Å². The summed E-state index contributed by atoms with van der Waals surface area (Å²) in [7, 11) is -6.50. The number of amides is 1. The third-order valence-corrected chi connectivity index (χ3v) is 3.80. The number of carbonyl (C=O) groups excluding carboxylic acids is 1. The van der Waals surface area contributed by atoms with E-state index in [1.54, 1.807) is 0 Å². The quantitative estimate of drug-likeness (QED) is 0.805. The lowest BCUT2D eigenvalue weighted by atomic mass is 10.2. The van der Waals surface area contributed by atoms with Crippen molar-refractivity contribution >= 4 is 28.6 Å². The topological polar surface area (TPSA) is 103 Å². The number of fused-ring (bicyclic) bond motifs is 1. The van der Waals surface area contributed by atoms with Crippen LogP contribution in [0.5, 0.6) is 11.5 Å². The summed E-state index contributed by atoms with van der Waals surface area (Å²) >= 11 is 0. The average molecular weight is 406 g/mol. The van der Waals surface area contributed by atoms with Crippen LogP contribution in [0.15, 0.2) is 12.1 Å². The zero-order chi connectivity index (χ0) is 35.4. The number of carbonyl (C=O) groups is 1. The number of ether oxygens (including phenoxy) is 3. The molecule has 2 aromatic rings. The summed E-state index contributed by atoms with van der Waals surface area (Å²) in [5, 5.41) is -0.491. The number of nitrogens with two attached hydrogens (primary N) is 1. The molecular formula is C19H25N5O4. The van der Waals surface area contributed by atoms with Crippen LogP contribution in [0.2, 0.25) is 0 Å². The standard InChI is InChI=1S/C19H25N5O4/c1-26-15-10-12-13(11-16(15)27-2)21-19(22-17(12)20)24-7-5-23(6-8-24)18(25)14-4-3-9-28-14/h10-11,14H,3-9H2,1-2H3,(H2,20,21,22)/i1D3,2D3,3D2,4D2,5D2,6D2,9D2,10D,11D. The van der Waals surface area contributed by atoms with Crippen LogP contribution in [0, 0.1) is 0 Å². The maximum atomic E-state index is 13.4. The van der Waals surface area contributed by atoms with Crippen molar-refractivity contribution in [3.05, 3.63) is 12.1 Å². The highest BCUT2D eigenvalue weighted by atomic mass is 16.5. The van der Waals surface area contributed by atoms with Gasteiger partial charge in [0, 0.05) is 49.6 Å². The summed E-state index contributed by atoms with van der Waals surface area (Å²) in [6.45, 7) is -11.4. The number of rotatable bonds is 4. The number of nitrogens with zero attached hydrogens (tertiary/aromatic N) is 4. The smallest absolute Gasteiger partial charge is 0.251 e. The lowest BCUT2D eigenvalue weighted by molar-refractivity contribution is -0.141. The van der Waals surface area contributed by atoms with E-state index in [2.05, 4.69) is 9.97 Å². The molecule has 0 spiro atoms. The molecule has 9 heteroatoms. The highest BCUT2D eigenvalue weighted by Crippen LogP contribution is 2.34. The van der Waals surface area contributed by atoms with Crippen molar-refractivity contribution in [2.45, 2.75) is 18.8 Å². The van der Waals surface area contributed by atoms with Gasteiger partial charge in [0.05, 0.1) is 38.8 Å². The monoisotopic (exact) mass is 405 g/mol. The Bertz CT molecular complexity index is 1560. The van der Waals surface area contributed by atoms with Crippen LogP contribution in [0.1, 0.15) is 37.4 Å². The van der Waals surface area contributed by atoms with Crippen molar-refractivity contribution in [2.24, 2.45) is 0 Å². The highest BCUT2D eigenvalue weighted by molar-refractivity contribution is 5.91. The molecule has 2 aliphatic heterocycles. The Kier molecular flexibility index (Phi) is 1.89. The van der Waals surface area contributed by atoms with Gasteiger partial charge in [-0.3, -0.25) is 4.79 Å². The molecule has 1 amide bonds. The van der Waals surface area contributed by atoms with Gasteiger partial charge in [0.1, 0.15) is 11.9 Å². The number of hydrogen-bond acceptors (Lipinski definition) is 8. The first-order valence-corrected chi connectivity index (χ1v) is 7.70. The van der Waals surface area contributed by atoms with Crippen LogP contribution in [0.25, 0.3) is 10.9 Å². The molecule has 0 aliphatic carbocycles. The third-order valence-electron chi connectivity index (χ3n) is 3.80. The predicted molar refractivity (Wildman–Crippen MR) is 105 cm³/mol. The summed E-state index contributed by atoms with van der Waals surface area (Å²) in [6.07, 6.45) is -9.34. The minimum Gasteiger partial charge on any atom is -0.493 e. The Labute approximate surface area is 188 Å². The predicted octanol–water partition coefficient (Wildman–Crippen LogP) is 1.06. The zero-order valence-electron chi connectivity index (χ0n) is 32.0. The Morgan fingerprint density at radius 1 is 1.32 bits per heavy atom. The third kappa shape index (κ3) is 3.37. The molecule has 4 rings (SSSR count). The van der Waals surface area contributed by atoms with E-state index in [-0.39, 0.29) is 4.90 Å². The van der Waals surface area contributed by atoms with E-state index >= 15 is 0 Å². The van der Waals surface area contributed by atoms with Gasteiger partial charge < -0.3 is 29.7 Å². The van der Waals surface area contributed by atoms with Gasteiger partial charge in [-0.05, 0) is 18.8 Å². The van der Waals surface area contributed by atoms with Gasteiger partial charge in [0.2, 0.25) is 5.95 Å². The van der Waals surface area contributed by atoms with Crippen molar-refractivity contribution in [2.75, 3.05) is 57.4 Å². The Hall–Kier alpha value is -2.81. The summed E-state index contributed by atoms with van der Waals surface area (Å²) < 4.78 is 157. The van der Waals surface area contributed by atoms with Crippen molar-refractivity contribution in [3.8, 4) is 11.5 Å². The minimum absolute atomic E-state index is 0.0422. The fourth-order valence-electron chi connectivity index (χ4n) is 2.46. The highest BCUT2D eigenvalue weighted by Gasteiger charge is 2.31. The SMILES string of the molecule is [2H]c1c(OC([2H])([2H])[2H])c(OC([2H])([2H])[2H])c([2H])c2c(N)nc(N3CC([2H])([2H])N(C(=O)C4OC([2H])([2H])C([2H])([2H])C4([2H])[2H])C([2H])([2H])C3)nc12. The summed E-state index contributed by atoms with van der Waals surface area (Å²) in [5.74, 6) is -4.96. The largest absolute Gasteiger partial charge is 0.493 e. The lowest BCUT2D eigenvalue weighted by Crippen LogP contribution is -2.51. The molecule has 0 radical (unpaired) electrons. The van der Waals surface area contributed by atoms with Crippen LogP contribution >= 0.6 is 0 Å². The molecule has 28 heavy (non-hydrogen) atoms. The van der Waals surface area contributed by atoms with Crippen LogP contribution < -0.4 is 20.1 Å². The van der Waals surface area contributed by atoms with Gasteiger partial charge in [-0.15, -0.1) is 0 Å². The summed E-state index contributed by atoms with van der Waals surface area (Å²) in [6, 6.07) is -1.81. The molecule has 1 aromatic carbocycles. The Morgan fingerprint density at radius 3 is 2.75 bits per heavy atom. The number of hydrogen-bond donors (Lipinski definition) is 1. The molecule has 3 heterocycles. The van der Waals surface area contributed by atoms with Crippen LogP contribution in [0.4, 0.5) is 11.8 Å². The molecular weight excluding hydrogens is 362 g/mol. The Balaban J connectivity index is 1.80. The molecule has 2 N–H and O–H groups in total. The van der Waals surface area contributed by atoms with Crippen molar-refractivity contribution in [3.63, 3.8) is 0 Å². The molecule has 2 saturated heterocycles. The second-order valence-corrected chi connectivity index (χ2v) is 5.46. The molecule has 1 unspecified atom stereocenters. The fraction of sp³-hybridized carbons (Fsp3) is 0.526. The van der Waals surface area contributed by atoms with Crippen LogP contribution in [-0.4, -0.2) is 73.6 Å². The van der Waals surface area contributed by atoms with E-state index in [9.17, 15) is 4.79 Å². The second-order valence-electron chi connectivity index (χ2n) is 5.46. The van der Waals surface area contributed by atoms with E-state index in [1.807, 2.05) is 0 Å². The number of piperazine rings is 1. The maximum Gasteiger partial charge on any atom is 0.251 e. The van der Waals surface area contributed by atoms with Crippen LogP contribution in [-0.2, 0) is 9.53 Å². The van der Waals surface area contributed by atoms with E-state index < -0.39 is 118 Å². The van der Waals surface area contributed by atoms with Crippen molar-refractivity contribution < 1.29 is 43.7 Å². The first-order chi connectivity index (χ1) is 20.5. The molecule has 9 nitrogen and oxygen atoms in total. The first-order valence-electron chi connectivity index (χ1n) is 16.7. The molecule has 0 saturated carbocycles. The number of methoxy groups -OCH3 is 2. The average Bonchev–Trinajstić information content (AvgIpc) is 2.96. The minimum atomic E-state index is -3.39. The number of anilines is 2. The van der Waals surface area contributed by atoms with Gasteiger partial charge in [0.25, 0.3) is 5.91 Å². The van der Waals surface area contributed by atoms with Gasteiger partial charge in [-0.25, -0.2) is 4.98 Å². The summed E-state index contributed by atoms with van der Waals surface area (Å²) in [4.78, 5) is 22.1. The lowest BCUT2D eigenvalue weighted by Gasteiger charge is -2.35. The number of aromatic nitrogens is 2. The fourth-order valence-corrected chi connectivity index (χ4v) is 2.46. The molecule has 1 aromatic heterocycles. The Morgan fingerprint density at radius 2 is 2.07 bits per heavy atom. The van der Waals surface area contributed by atoms with Gasteiger partial charge in [-0.1, -0.05) is 0 Å². The number of benzene rings is 1. The molecule has 150 valence electrons. The van der Waals surface area contributed by atoms with Gasteiger partial charge in [-0.2, -0.15) is 4.98 Å². The second kappa shape index (κ2) is 7.67. The molecule has 2 aliphatic rings. The van der Waals surface area contributed by atoms with E-state index in [0.717, 1.165) is 4.90 Å². The van der Waals surface area contributed by atoms with Crippen molar-refractivity contribution in [1.82, 2.24) is 14.9 Å². The summed E-state index contributed by atoms with van der Waals surface area (Å²) in [5.41, 5.74) is 5.41. The van der Waals surface area contributed by atoms with Crippen molar-refractivity contribution in [1.29, 1.82) is 0 Å². The van der Waals surface area contributed by atoms with E-state index in [1.165, 1.54) is 0 Å². The van der Waals surface area contributed by atoms with E-state index in [4.69, 9.17) is 44.6 Å². The number of nitrogen functional groups attached to an aromatic ring is 1. The molecule has 0 bridgehead atoms.